The van der Waals surface area contributed by atoms with E-state index in [1.54, 1.807) is 6.20 Å². The van der Waals surface area contributed by atoms with Crippen LogP contribution in [0.15, 0.2) is 133 Å². The van der Waals surface area contributed by atoms with Gasteiger partial charge in [0.05, 0.1) is 11.3 Å². The third-order valence-electron chi connectivity index (χ3n) is 5.33. The molecule has 33 heavy (non-hydrogen) atoms. The lowest BCUT2D eigenvalue weighted by molar-refractivity contribution is -0.137. The van der Waals surface area contributed by atoms with Gasteiger partial charge in [-0.1, -0.05) is 109 Å². The second-order valence-corrected chi connectivity index (χ2v) is 7.56. The minimum absolute atomic E-state index is 0.231. The SMILES string of the molecule is FC(F)(F)c1ccc(C(/C=C/N=C(c2ccccc2)c2ccccc2)c2ccccc2)cc1. The molecule has 0 aliphatic rings. The Morgan fingerprint density at radius 3 is 1.55 bits per heavy atom. The number of hydrogen-bond donors (Lipinski definition) is 0. The molecule has 0 amide bonds. The lowest BCUT2D eigenvalue weighted by Crippen LogP contribution is -2.05. The highest BCUT2D eigenvalue weighted by molar-refractivity contribution is 6.13. The summed E-state index contributed by atoms with van der Waals surface area (Å²) in [4.78, 5) is 4.77. The highest BCUT2D eigenvalue weighted by atomic mass is 19.4. The topological polar surface area (TPSA) is 12.4 Å². The summed E-state index contributed by atoms with van der Waals surface area (Å²) in [6.07, 6.45) is -0.699. The van der Waals surface area contributed by atoms with Gasteiger partial charge in [0.25, 0.3) is 0 Å². The van der Waals surface area contributed by atoms with Crippen LogP contribution in [0.3, 0.4) is 0 Å². The van der Waals surface area contributed by atoms with Gasteiger partial charge in [0, 0.05) is 23.2 Å². The lowest BCUT2D eigenvalue weighted by Gasteiger charge is -2.15. The predicted octanol–water partition coefficient (Wildman–Crippen LogP) is 7.89. The van der Waals surface area contributed by atoms with E-state index in [-0.39, 0.29) is 5.92 Å². The zero-order valence-electron chi connectivity index (χ0n) is 17.8. The van der Waals surface area contributed by atoms with Crippen molar-refractivity contribution >= 4 is 5.71 Å². The molecule has 0 bridgehead atoms. The van der Waals surface area contributed by atoms with Crippen molar-refractivity contribution < 1.29 is 13.2 Å². The third-order valence-corrected chi connectivity index (χ3v) is 5.33. The summed E-state index contributed by atoms with van der Waals surface area (Å²) in [5.74, 6) is -0.231. The Kier molecular flexibility index (Phi) is 6.84. The van der Waals surface area contributed by atoms with E-state index in [0.717, 1.165) is 40.1 Å². The number of allylic oxidation sites excluding steroid dienone is 1. The van der Waals surface area contributed by atoms with Gasteiger partial charge in [-0.05, 0) is 23.3 Å². The van der Waals surface area contributed by atoms with Crippen molar-refractivity contribution in [3.8, 4) is 0 Å². The first kappa shape index (κ1) is 22.3. The van der Waals surface area contributed by atoms with Crippen LogP contribution in [0.25, 0.3) is 0 Å². The number of rotatable bonds is 6. The first-order chi connectivity index (χ1) is 16.0. The Balaban J connectivity index is 1.72. The highest BCUT2D eigenvalue weighted by Crippen LogP contribution is 2.32. The van der Waals surface area contributed by atoms with E-state index >= 15 is 0 Å². The molecular weight excluding hydrogens is 419 g/mol. The molecule has 4 heteroatoms. The molecule has 0 saturated heterocycles. The van der Waals surface area contributed by atoms with Crippen LogP contribution < -0.4 is 0 Å². The summed E-state index contributed by atoms with van der Waals surface area (Å²) in [6, 6.07) is 34.8. The van der Waals surface area contributed by atoms with Crippen LogP contribution in [-0.4, -0.2) is 5.71 Å². The van der Waals surface area contributed by atoms with Crippen molar-refractivity contribution in [2.24, 2.45) is 4.99 Å². The normalized spacial score (nSPS) is 12.5. The zero-order valence-corrected chi connectivity index (χ0v) is 17.8. The lowest BCUT2D eigenvalue weighted by atomic mass is 9.90. The molecule has 4 aromatic carbocycles. The van der Waals surface area contributed by atoms with Crippen LogP contribution in [0, 0.1) is 0 Å². The maximum atomic E-state index is 13.0. The molecule has 0 saturated carbocycles. The van der Waals surface area contributed by atoms with Gasteiger partial charge in [-0.25, -0.2) is 0 Å². The Labute approximate surface area is 191 Å². The molecule has 0 heterocycles. The zero-order chi connectivity index (χ0) is 23.1. The van der Waals surface area contributed by atoms with Crippen molar-refractivity contribution in [3.05, 3.63) is 155 Å². The Hall–Kier alpha value is -3.92. The van der Waals surface area contributed by atoms with E-state index in [0.29, 0.717) is 0 Å². The van der Waals surface area contributed by atoms with E-state index in [9.17, 15) is 13.2 Å². The van der Waals surface area contributed by atoms with Gasteiger partial charge in [0.15, 0.2) is 0 Å². The number of hydrogen-bond acceptors (Lipinski definition) is 1. The molecule has 0 radical (unpaired) electrons. The van der Waals surface area contributed by atoms with Crippen LogP contribution >= 0.6 is 0 Å². The van der Waals surface area contributed by atoms with Gasteiger partial charge in [0.1, 0.15) is 0 Å². The molecule has 0 aliphatic carbocycles. The number of alkyl halides is 3. The van der Waals surface area contributed by atoms with Crippen LogP contribution in [0.1, 0.15) is 33.7 Å². The van der Waals surface area contributed by atoms with Gasteiger partial charge in [-0.3, -0.25) is 4.99 Å². The van der Waals surface area contributed by atoms with E-state index in [2.05, 4.69) is 0 Å². The second-order valence-electron chi connectivity index (χ2n) is 7.56. The first-order valence-electron chi connectivity index (χ1n) is 10.6. The van der Waals surface area contributed by atoms with Crippen LogP contribution in [0.5, 0.6) is 0 Å². The van der Waals surface area contributed by atoms with Crippen molar-refractivity contribution in [2.45, 2.75) is 12.1 Å². The predicted molar refractivity (Wildman–Crippen MR) is 127 cm³/mol. The van der Waals surface area contributed by atoms with Crippen LogP contribution in [0.2, 0.25) is 0 Å². The van der Waals surface area contributed by atoms with E-state index < -0.39 is 11.7 Å². The number of benzene rings is 4. The van der Waals surface area contributed by atoms with Crippen LogP contribution in [0.4, 0.5) is 13.2 Å². The van der Waals surface area contributed by atoms with Crippen LogP contribution in [-0.2, 0) is 6.18 Å². The fourth-order valence-corrected chi connectivity index (χ4v) is 3.67. The molecule has 4 rings (SSSR count). The van der Waals surface area contributed by atoms with Crippen molar-refractivity contribution in [1.29, 1.82) is 0 Å². The molecule has 0 fully saturated rings. The largest absolute Gasteiger partial charge is 0.416 e. The number of halogens is 3. The minimum Gasteiger partial charge on any atom is -0.256 e. The molecule has 1 unspecified atom stereocenters. The highest BCUT2D eigenvalue weighted by Gasteiger charge is 2.30. The van der Waals surface area contributed by atoms with Crippen molar-refractivity contribution in [1.82, 2.24) is 0 Å². The van der Waals surface area contributed by atoms with Crippen molar-refractivity contribution in [3.63, 3.8) is 0 Å². The Morgan fingerprint density at radius 2 is 1.06 bits per heavy atom. The molecule has 1 atom stereocenters. The van der Waals surface area contributed by atoms with Gasteiger partial charge in [0.2, 0.25) is 0 Å². The average Bonchev–Trinajstić information content (AvgIpc) is 2.85. The van der Waals surface area contributed by atoms with Crippen molar-refractivity contribution in [2.75, 3.05) is 0 Å². The average molecular weight is 441 g/mol. The molecule has 1 nitrogen and oxygen atoms in total. The van der Waals surface area contributed by atoms with E-state index in [1.165, 1.54) is 12.1 Å². The molecule has 0 N–H and O–H groups in total. The quantitative estimate of drug-likeness (QED) is 0.270. The van der Waals surface area contributed by atoms with Gasteiger partial charge in [-0.2, -0.15) is 13.2 Å². The molecule has 164 valence electrons. The summed E-state index contributed by atoms with van der Waals surface area (Å²) in [5.41, 5.74) is 3.88. The smallest absolute Gasteiger partial charge is 0.256 e. The molecule has 0 spiro atoms. The summed E-state index contributed by atoms with van der Waals surface area (Å²) in [6.45, 7) is 0. The summed E-state index contributed by atoms with van der Waals surface area (Å²) in [5, 5.41) is 0. The monoisotopic (exact) mass is 441 g/mol. The second kappa shape index (κ2) is 10.1. The molecule has 0 aromatic heterocycles. The molecular formula is C29H22F3N. The standard InChI is InChI=1S/C29H22F3N/c30-29(31,32)26-18-16-23(17-19-26)27(22-10-4-1-5-11-22)20-21-33-28(24-12-6-2-7-13-24)25-14-8-3-9-15-25/h1-21,27H/b21-20+. The Bertz CT molecular complexity index is 1170. The van der Waals surface area contributed by atoms with Gasteiger partial charge < -0.3 is 0 Å². The minimum atomic E-state index is -4.36. The molecule has 4 aromatic rings. The first-order valence-corrected chi connectivity index (χ1v) is 10.6. The number of aliphatic imine (C=N–C) groups is 1. The maximum absolute atomic E-state index is 13.0. The number of nitrogens with zero attached hydrogens (tertiary/aromatic N) is 1. The summed E-state index contributed by atoms with van der Waals surface area (Å²) < 4.78 is 39.1. The fraction of sp³-hybridized carbons (Fsp3) is 0.0690. The fourth-order valence-electron chi connectivity index (χ4n) is 3.67. The maximum Gasteiger partial charge on any atom is 0.416 e. The van der Waals surface area contributed by atoms with E-state index in [1.807, 2.05) is 97.1 Å². The summed E-state index contributed by atoms with van der Waals surface area (Å²) >= 11 is 0. The van der Waals surface area contributed by atoms with E-state index in [4.69, 9.17) is 4.99 Å². The third kappa shape index (κ3) is 5.66. The molecule has 0 aliphatic heterocycles. The summed E-state index contributed by atoms with van der Waals surface area (Å²) in [7, 11) is 0. The van der Waals surface area contributed by atoms with Gasteiger partial charge >= 0.3 is 6.18 Å². The van der Waals surface area contributed by atoms with Gasteiger partial charge in [-0.15, -0.1) is 0 Å². The Morgan fingerprint density at radius 1 is 0.606 bits per heavy atom.